The molecule has 0 radical (unpaired) electrons. The predicted molar refractivity (Wildman–Crippen MR) is 93.0 cm³/mol. The van der Waals surface area contributed by atoms with Gasteiger partial charge in [-0.15, -0.1) is 0 Å². The summed E-state index contributed by atoms with van der Waals surface area (Å²) in [5.41, 5.74) is 0.543. The minimum absolute atomic E-state index is 0.0528. The molecular weight excluding hydrogens is 316 g/mol. The number of anilines is 1. The maximum atomic E-state index is 12.0. The lowest BCUT2D eigenvalue weighted by Crippen LogP contribution is -2.47. The van der Waals surface area contributed by atoms with Gasteiger partial charge in [0.2, 0.25) is 0 Å². The number of hydrogen-bond donors (Lipinski definition) is 0. The lowest BCUT2D eigenvalue weighted by atomic mass is 9.67. The summed E-state index contributed by atoms with van der Waals surface area (Å²) < 4.78 is 5.61. The van der Waals surface area contributed by atoms with Crippen LogP contribution in [0.25, 0.3) is 0 Å². The van der Waals surface area contributed by atoms with E-state index in [-0.39, 0.29) is 17.5 Å². The molecule has 3 aliphatic rings. The first kappa shape index (κ1) is 16.3. The topological polar surface area (TPSA) is 69.5 Å². The van der Waals surface area contributed by atoms with Crippen LogP contribution in [0.5, 0.6) is 0 Å². The average Bonchev–Trinajstić information content (AvgIpc) is 2.97. The molecule has 1 aromatic rings. The van der Waals surface area contributed by atoms with Crippen LogP contribution < -0.4 is 4.90 Å². The summed E-state index contributed by atoms with van der Waals surface area (Å²) in [6.07, 6.45) is 6.90. The molecule has 6 heteroatoms. The first-order chi connectivity index (χ1) is 12.2. The third-order valence-electron chi connectivity index (χ3n) is 5.97. The van der Waals surface area contributed by atoms with Gasteiger partial charge in [-0.05, 0) is 31.4 Å². The predicted octanol–water partition coefficient (Wildman–Crippen LogP) is 1.95. The van der Waals surface area contributed by atoms with Gasteiger partial charge in [-0.3, -0.25) is 9.69 Å². The zero-order valence-corrected chi connectivity index (χ0v) is 14.5. The van der Waals surface area contributed by atoms with Crippen molar-refractivity contribution in [1.82, 2.24) is 9.88 Å². The summed E-state index contributed by atoms with van der Waals surface area (Å²) in [4.78, 5) is 21.1. The van der Waals surface area contributed by atoms with Gasteiger partial charge in [0.05, 0.1) is 17.0 Å². The quantitative estimate of drug-likeness (QED) is 0.781. The number of aromatic nitrogens is 1. The first-order valence-electron chi connectivity index (χ1n) is 9.23. The minimum atomic E-state index is -0.110. The van der Waals surface area contributed by atoms with Crippen LogP contribution in [0.2, 0.25) is 0 Å². The molecule has 3 heterocycles. The first-order valence-corrected chi connectivity index (χ1v) is 9.23. The van der Waals surface area contributed by atoms with Crippen LogP contribution in [0.15, 0.2) is 18.3 Å². The summed E-state index contributed by atoms with van der Waals surface area (Å²) >= 11 is 0. The van der Waals surface area contributed by atoms with E-state index >= 15 is 0 Å². The number of esters is 1. The Morgan fingerprint density at radius 1 is 1.32 bits per heavy atom. The Kier molecular flexibility index (Phi) is 4.34. The molecule has 132 valence electrons. The number of carbonyl (C=O) groups is 1. The van der Waals surface area contributed by atoms with Gasteiger partial charge >= 0.3 is 5.97 Å². The fourth-order valence-electron chi connectivity index (χ4n) is 4.20. The third-order valence-corrected chi connectivity index (χ3v) is 5.97. The van der Waals surface area contributed by atoms with Crippen LogP contribution in [0.3, 0.4) is 0 Å². The Morgan fingerprint density at radius 3 is 2.76 bits per heavy atom. The van der Waals surface area contributed by atoms with Crippen molar-refractivity contribution in [3.05, 3.63) is 23.9 Å². The molecule has 25 heavy (non-hydrogen) atoms. The maximum absolute atomic E-state index is 12.0. The van der Waals surface area contributed by atoms with E-state index in [1.807, 2.05) is 6.07 Å². The van der Waals surface area contributed by atoms with E-state index in [4.69, 9.17) is 10.00 Å². The molecule has 0 amide bonds. The molecule has 6 nitrogen and oxygen atoms in total. The van der Waals surface area contributed by atoms with Gasteiger partial charge in [0, 0.05) is 45.3 Å². The highest BCUT2D eigenvalue weighted by Gasteiger charge is 2.52. The summed E-state index contributed by atoms with van der Waals surface area (Å²) in [7, 11) is 0. The van der Waals surface area contributed by atoms with E-state index in [0.29, 0.717) is 5.56 Å². The number of nitriles is 1. The number of carbonyl (C=O) groups excluding carboxylic acids is 1. The van der Waals surface area contributed by atoms with Crippen molar-refractivity contribution in [3.63, 3.8) is 0 Å². The Balaban J connectivity index is 1.24. The van der Waals surface area contributed by atoms with Crippen LogP contribution in [0.4, 0.5) is 5.82 Å². The van der Waals surface area contributed by atoms with Crippen molar-refractivity contribution in [2.75, 3.05) is 37.6 Å². The Bertz CT molecular complexity index is 687. The largest absolute Gasteiger partial charge is 0.462 e. The van der Waals surface area contributed by atoms with E-state index in [9.17, 15) is 4.79 Å². The second-order valence-electron chi connectivity index (χ2n) is 7.50. The molecular formula is C19H24N4O2. The summed E-state index contributed by atoms with van der Waals surface area (Å²) in [5, 5.41) is 9.01. The molecule has 0 aromatic carbocycles. The zero-order chi connectivity index (χ0) is 17.3. The van der Waals surface area contributed by atoms with Crippen molar-refractivity contribution < 1.29 is 9.53 Å². The molecule has 2 saturated heterocycles. The normalized spacial score (nSPS) is 25.5. The van der Waals surface area contributed by atoms with Crippen LogP contribution in [-0.4, -0.2) is 54.7 Å². The van der Waals surface area contributed by atoms with Crippen molar-refractivity contribution in [3.8, 4) is 6.07 Å². The van der Waals surface area contributed by atoms with E-state index in [1.54, 1.807) is 12.3 Å². The molecule has 2 aliphatic heterocycles. The minimum Gasteiger partial charge on any atom is -0.462 e. The smallest absolute Gasteiger partial charge is 0.312 e. The highest BCUT2D eigenvalue weighted by atomic mass is 16.6. The lowest BCUT2D eigenvalue weighted by molar-refractivity contribution is -0.152. The van der Waals surface area contributed by atoms with Gasteiger partial charge < -0.3 is 9.64 Å². The maximum Gasteiger partial charge on any atom is 0.312 e. The number of pyridine rings is 1. The molecule has 1 aromatic heterocycles. The summed E-state index contributed by atoms with van der Waals surface area (Å²) in [6.45, 7) is 4.76. The number of cyclic esters (lactones) is 1. The van der Waals surface area contributed by atoms with Crippen LogP contribution in [0, 0.1) is 16.7 Å². The molecule has 0 bridgehead atoms. The molecule has 1 spiro atoms. The fourth-order valence-corrected chi connectivity index (χ4v) is 4.20. The number of ether oxygens (including phenoxy) is 1. The molecule has 1 atom stereocenters. The Labute approximate surface area is 148 Å². The molecule has 1 aliphatic carbocycles. The van der Waals surface area contributed by atoms with E-state index in [0.717, 1.165) is 64.2 Å². The Hall–Kier alpha value is -2.13. The van der Waals surface area contributed by atoms with Gasteiger partial charge in [-0.25, -0.2) is 4.98 Å². The molecule has 1 saturated carbocycles. The molecule has 0 N–H and O–H groups in total. The highest BCUT2D eigenvalue weighted by molar-refractivity contribution is 5.80. The van der Waals surface area contributed by atoms with Gasteiger partial charge in [-0.2, -0.15) is 5.26 Å². The number of rotatable bonds is 4. The average molecular weight is 340 g/mol. The SMILES string of the molecule is N#Cc1ccnc(N2CCN(CC[C@H]3CC4(CCC4)C(=O)O3)CC2)c1. The van der Waals surface area contributed by atoms with E-state index < -0.39 is 0 Å². The van der Waals surface area contributed by atoms with Crippen LogP contribution >= 0.6 is 0 Å². The highest BCUT2D eigenvalue weighted by Crippen LogP contribution is 2.50. The van der Waals surface area contributed by atoms with Crippen LogP contribution in [-0.2, 0) is 9.53 Å². The molecule has 0 unspecified atom stereocenters. The third kappa shape index (κ3) is 3.21. The number of nitrogens with zero attached hydrogens (tertiary/aromatic N) is 4. The standard InChI is InChI=1S/C19H24N4O2/c20-14-15-2-6-21-17(12-15)23-10-8-22(9-11-23)7-3-16-13-19(4-1-5-19)18(24)25-16/h2,6,12,16H,1,3-5,7-11,13H2/t16-/m0/s1. The lowest BCUT2D eigenvalue weighted by Gasteiger charge is -2.36. The van der Waals surface area contributed by atoms with Crippen molar-refractivity contribution >= 4 is 11.8 Å². The van der Waals surface area contributed by atoms with Crippen molar-refractivity contribution in [2.45, 2.75) is 38.2 Å². The number of piperazine rings is 1. The van der Waals surface area contributed by atoms with E-state index in [1.165, 1.54) is 6.42 Å². The monoisotopic (exact) mass is 340 g/mol. The molecule has 3 fully saturated rings. The van der Waals surface area contributed by atoms with Crippen LogP contribution in [0.1, 0.15) is 37.7 Å². The van der Waals surface area contributed by atoms with Gasteiger partial charge in [-0.1, -0.05) is 6.42 Å². The van der Waals surface area contributed by atoms with Crippen molar-refractivity contribution in [2.24, 2.45) is 5.41 Å². The second-order valence-corrected chi connectivity index (χ2v) is 7.50. The number of hydrogen-bond acceptors (Lipinski definition) is 6. The zero-order valence-electron chi connectivity index (χ0n) is 14.5. The van der Waals surface area contributed by atoms with Crippen molar-refractivity contribution in [1.29, 1.82) is 5.26 Å². The summed E-state index contributed by atoms with van der Waals surface area (Å²) in [6, 6.07) is 5.75. The second kappa shape index (κ2) is 6.64. The van der Waals surface area contributed by atoms with Gasteiger partial charge in [0.15, 0.2) is 0 Å². The Morgan fingerprint density at radius 2 is 2.12 bits per heavy atom. The van der Waals surface area contributed by atoms with Gasteiger partial charge in [0.1, 0.15) is 11.9 Å². The summed E-state index contributed by atoms with van der Waals surface area (Å²) in [5.74, 6) is 0.937. The molecule has 4 rings (SSSR count). The van der Waals surface area contributed by atoms with E-state index in [2.05, 4.69) is 20.9 Å². The van der Waals surface area contributed by atoms with Gasteiger partial charge in [0.25, 0.3) is 0 Å². The fraction of sp³-hybridized carbons (Fsp3) is 0.632.